The predicted molar refractivity (Wildman–Crippen MR) is 86.8 cm³/mol. The molecule has 0 spiro atoms. The largest absolute Gasteiger partial charge is 0.337 e. The van der Waals surface area contributed by atoms with Crippen LogP contribution in [0.25, 0.3) is 0 Å². The summed E-state index contributed by atoms with van der Waals surface area (Å²) in [5.74, 6) is 0.264. The number of rotatable bonds is 3. The van der Waals surface area contributed by atoms with Gasteiger partial charge in [-0.05, 0) is 55.9 Å². The Morgan fingerprint density at radius 1 is 1.35 bits per heavy atom. The van der Waals surface area contributed by atoms with Crippen molar-refractivity contribution in [3.05, 3.63) is 52.6 Å². The molecule has 1 aliphatic rings. The van der Waals surface area contributed by atoms with Gasteiger partial charge in [-0.15, -0.1) is 0 Å². The van der Waals surface area contributed by atoms with Crippen molar-refractivity contribution in [1.29, 1.82) is 0 Å². The number of carbonyl (C=O) groups is 1. The maximum absolute atomic E-state index is 13.7. The minimum Gasteiger partial charge on any atom is -0.337 e. The van der Waals surface area contributed by atoms with E-state index in [9.17, 15) is 9.18 Å². The molecule has 122 valence electrons. The van der Waals surface area contributed by atoms with Crippen LogP contribution in [0.4, 0.5) is 4.39 Å². The number of amides is 1. The number of aromatic nitrogens is 2. The van der Waals surface area contributed by atoms with E-state index in [0.717, 1.165) is 37.2 Å². The Morgan fingerprint density at radius 2 is 2.13 bits per heavy atom. The van der Waals surface area contributed by atoms with Crippen LogP contribution in [0.15, 0.2) is 24.3 Å². The maximum atomic E-state index is 13.7. The fourth-order valence-electron chi connectivity index (χ4n) is 3.25. The van der Waals surface area contributed by atoms with Gasteiger partial charge < -0.3 is 4.90 Å². The standard InChI is InChI=1S/C18H22FN3O/c1-12-4-5-14(10-16(12)19)9-15-6-7-22(11-15)18(23)17-8-13(2)20-21(17)3/h4-5,8,10,15H,6-7,9,11H2,1-3H3. The molecule has 0 bridgehead atoms. The zero-order valence-electron chi connectivity index (χ0n) is 13.8. The Bertz CT molecular complexity index is 738. The van der Waals surface area contributed by atoms with Gasteiger partial charge in [0.25, 0.3) is 5.91 Å². The smallest absolute Gasteiger partial charge is 0.272 e. The van der Waals surface area contributed by atoms with Crippen molar-refractivity contribution in [2.45, 2.75) is 26.7 Å². The van der Waals surface area contributed by atoms with E-state index in [4.69, 9.17) is 0 Å². The van der Waals surface area contributed by atoms with Gasteiger partial charge in [-0.2, -0.15) is 5.10 Å². The highest BCUT2D eigenvalue weighted by Gasteiger charge is 2.28. The van der Waals surface area contributed by atoms with E-state index in [-0.39, 0.29) is 11.7 Å². The molecule has 1 saturated heterocycles. The van der Waals surface area contributed by atoms with Crippen LogP contribution < -0.4 is 0 Å². The van der Waals surface area contributed by atoms with E-state index in [1.54, 1.807) is 24.7 Å². The van der Waals surface area contributed by atoms with E-state index in [2.05, 4.69) is 5.10 Å². The summed E-state index contributed by atoms with van der Waals surface area (Å²) in [5, 5.41) is 4.24. The molecule has 1 aromatic carbocycles. The minimum absolute atomic E-state index is 0.0330. The second-order valence-corrected chi connectivity index (χ2v) is 6.49. The van der Waals surface area contributed by atoms with Crippen molar-refractivity contribution >= 4 is 5.91 Å². The fourth-order valence-corrected chi connectivity index (χ4v) is 3.25. The molecule has 0 radical (unpaired) electrons. The van der Waals surface area contributed by atoms with E-state index >= 15 is 0 Å². The summed E-state index contributed by atoms with van der Waals surface area (Å²) in [6.45, 7) is 5.13. The molecule has 1 amide bonds. The number of benzene rings is 1. The molecule has 2 heterocycles. The molecule has 0 N–H and O–H groups in total. The summed E-state index contributed by atoms with van der Waals surface area (Å²) in [6.07, 6.45) is 1.77. The molecule has 1 atom stereocenters. The average Bonchev–Trinajstić information content (AvgIpc) is 3.09. The molecule has 0 saturated carbocycles. The molecule has 5 heteroatoms. The lowest BCUT2D eigenvalue weighted by molar-refractivity contribution is 0.0776. The van der Waals surface area contributed by atoms with Gasteiger partial charge in [0.2, 0.25) is 0 Å². The van der Waals surface area contributed by atoms with Crippen LogP contribution in [0, 0.1) is 25.6 Å². The lowest BCUT2D eigenvalue weighted by atomic mass is 9.98. The van der Waals surface area contributed by atoms with Gasteiger partial charge in [-0.1, -0.05) is 12.1 Å². The molecule has 23 heavy (non-hydrogen) atoms. The Hall–Kier alpha value is -2.17. The molecule has 1 aromatic heterocycles. The summed E-state index contributed by atoms with van der Waals surface area (Å²) < 4.78 is 15.3. The summed E-state index contributed by atoms with van der Waals surface area (Å²) in [6, 6.07) is 7.24. The molecular weight excluding hydrogens is 293 g/mol. The second-order valence-electron chi connectivity index (χ2n) is 6.49. The molecule has 2 aromatic rings. The lowest BCUT2D eigenvalue weighted by Gasteiger charge is -2.16. The van der Waals surface area contributed by atoms with Crippen molar-refractivity contribution in [3.63, 3.8) is 0 Å². The molecule has 0 aliphatic carbocycles. The van der Waals surface area contributed by atoms with Crippen LogP contribution >= 0.6 is 0 Å². The zero-order valence-corrected chi connectivity index (χ0v) is 13.8. The SMILES string of the molecule is Cc1cc(C(=O)N2CCC(Cc3ccc(C)c(F)c3)C2)n(C)n1. The Morgan fingerprint density at radius 3 is 2.78 bits per heavy atom. The maximum Gasteiger partial charge on any atom is 0.272 e. The van der Waals surface area contributed by atoms with Gasteiger partial charge in [0.05, 0.1) is 5.69 Å². The number of halogens is 1. The normalized spacial score (nSPS) is 17.7. The van der Waals surface area contributed by atoms with Gasteiger partial charge in [-0.25, -0.2) is 4.39 Å². The van der Waals surface area contributed by atoms with E-state index in [0.29, 0.717) is 17.2 Å². The molecule has 4 nitrogen and oxygen atoms in total. The van der Waals surface area contributed by atoms with Crippen LogP contribution in [0.5, 0.6) is 0 Å². The fraction of sp³-hybridized carbons (Fsp3) is 0.444. The second kappa shape index (κ2) is 6.14. The first-order valence-electron chi connectivity index (χ1n) is 7.99. The number of hydrogen-bond acceptors (Lipinski definition) is 2. The van der Waals surface area contributed by atoms with Gasteiger partial charge >= 0.3 is 0 Å². The third-order valence-electron chi connectivity index (χ3n) is 4.55. The van der Waals surface area contributed by atoms with Crippen molar-refractivity contribution in [1.82, 2.24) is 14.7 Å². The predicted octanol–water partition coefficient (Wildman–Crippen LogP) is 2.88. The van der Waals surface area contributed by atoms with Crippen LogP contribution in [-0.4, -0.2) is 33.7 Å². The molecule has 1 aliphatic heterocycles. The van der Waals surface area contributed by atoms with Crippen LogP contribution in [0.3, 0.4) is 0 Å². The van der Waals surface area contributed by atoms with Gasteiger partial charge in [0.15, 0.2) is 0 Å². The monoisotopic (exact) mass is 315 g/mol. The lowest BCUT2D eigenvalue weighted by Crippen LogP contribution is -2.30. The molecular formula is C18H22FN3O. The third kappa shape index (κ3) is 3.28. The summed E-state index contributed by atoms with van der Waals surface area (Å²) in [4.78, 5) is 14.5. The molecule has 3 rings (SSSR count). The van der Waals surface area contributed by atoms with Crippen LogP contribution in [0.1, 0.15) is 33.7 Å². The quantitative estimate of drug-likeness (QED) is 0.873. The summed E-state index contributed by atoms with van der Waals surface area (Å²) in [5.41, 5.74) is 3.15. The van der Waals surface area contributed by atoms with E-state index in [1.165, 1.54) is 0 Å². The summed E-state index contributed by atoms with van der Waals surface area (Å²) in [7, 11) is 1.79. The Labute approximate surface area is 135 Å². The molecule has 1 fully saturated rings. The molecule has 1 unspecified atom stereocenters. The van der Waals surface area contributed by atoms with Crippen molar-refractivity contribution in [2.75, 3.05) is 13.1 Å². The Kier molecular flexibility index (Phi) is 4.20. The van der Waals surface area contributed by atoms with Crippen molar-refractivity contribution < 1.29 is 9.18 Å². The van der Waals surface area contributed by atoms with Gasteiger partial charge in [-0.3, -0.25) is 9.48 Å². The first-order chi connectivity index (χ1) is 10.9. The van der Waals surface area contributed by atoms with Crippen LogP contribution in [-0.2, 0) is 13.5 Å². The highest BCUT2D eigenvalue weighted by atomic mass is 19.1. The first kappa shape index (κ1) is 15.7. The van der Waals surface area contributed by atoms with Crippen LogP contribution in [0.2, 0.25) is 0 Å². The highest BCUT2D eigenvalue weighted by molar-refractivity contribution is 5.92. The topological polar surface area (TPSA) is 38.1 Å². The Balaban J connectivity index is 1.65. The number of carbonyl (C=O) groups excluding carboxylic acids is 1. The van der Waals surface area contributed by atoms with Gasteiger partial charge in [0.1, 0.15) is 11.5 Å². The van der Waals surface area contributed by atoms with Crippen molar-refractivity contribution in [3.8, 4) is 0 Å². The zero-order chi connectivity index (χ0) is 16.6. The summed E-state index contributed by atoms with van der Waals surface area (Å²) >= 11 is 0. The van der Waals surface area contributed by atoms with E-state index < -0.39 is 0 Å². The number of aryl methyl sites for hydroxylation is 3. The number of hydrogen-bond donors (Lipinski definition) is 0. The minimum atomic E-state index is -0.154. The average molecular weight is 315 g/mol. The number of likely N-dealkylation sites (tertiary alicyclic amines) is 1. The number of nitrogens with zero attached hydrogens (tertiary/aromatic N) is 3. The van der Waals surface area contributed by atoms with Crippen molar-refractivity contribution in [2.24, 2.45) is 13.0 Å². The first-order valence-corrected chi connectivity index (χ1v) is 7.99. The highest BCUT2D eigenvalue weighted by Crippen LogP contribution is 2.23. The van der Waals surface area contributed by atoms with Gasteiger partial charge in [0, 0.05) is 20.1 Å². The van der Waals surface area contributed by atoms with E-state index in [1.807, 2.05) is 30.0 Å². The third-order valence-corrected chi connectivity index (χ3v) is 4.55.